The van der Waals surface area contributed by atoms with Crippen LogP contribution in [0.3, 0.4) is 0 Å². The monoisotopic (exact) mass is 296 g/mol. The van der Waals surface area contributed by atoms with Crippen molar-refractivity contribution in [3.05, 3.63) is 65.7 Å². The topological polar surface area (TPSA) is 64.4 Å². The van der Waals surface area contributed by atoms with Gasteiger partial charge in [-0.25, -0.2) is 0 Å². The Bertz CT molecular complexity index is 643. The van der Waals surface area contributed by atoms with Crippen LogP contribution in [0.5, 0.6) is 5.75 Å². The van der Waals surface area contributed by atoms with Gasteiger partial charge in [0.1, 0.15) is 5.75 Å². The second kappa shape index (κ2) is 6.62. The number of nitrogens with one attached hydrogen (secondary N) is 1. The van der Waals surface area contributed by atoms with Gasteiger partial charge in [-0.2, -0.15) is 0 Å². The van der Waals surface area contributed by atoms with Crippen LogP contribution in [-0.4, -0.2) is 18.6 Å². The third-order valence-electron chi connectivity index (χ3n) is 3.91. The highest BCUT2D eigenvalue weighted by Gasteiger charge is 2.24. The van der Waals surface area contributed by atoms with E-state index >= 15 is 0 Å². The van der Waals surface area contributed by atoms with Gasteiger partial charge in [0.15, 0.2) is 0 Å². The fourth-order valence-corrected chi connectivity index (χ4v) is 2.73. The van der Waals surface area contributed by atoms with Crippen molar-refractivity contribution in [1.82, 2.24) is 5.32 Å². The number of rotatable bonds is 4. The molecule has 4 nitrogen and oxygen atoms in total. The van der Waals surface area contributed by atoms with Crippen LogP contribution in [0.4, 0.5) is 0 Å². The van der Waals surface area contributed by atoms with Gasteiger partial charge in [0.25, 0.3) is 0 Å². The van der Waals surface area contributed by atoms with E-state index in [0.29, 0.717) is 13.0 Å². The van der Waals surface area contributed by atoms with E-state index in [1.807, 2.05) is 54.6 Å². The van der Waals surface area contributed by atoms with Gasteiger partial charge in [0.05, 0.1) is 18.7 Å². The van der Waals surface area contributed by atoms with E-state index in [-0.39, 0.29) is 11.9 Å². The molecular formula is C18H20N2O2. The molecule has 1 heterocycles. The van der Waals surface area contributed by atoms with Gasteiger partial charge in [0, 0.05) is 12.0 Å². The number of amides is 1. The lowest BCUT2D eigenvalue weighted by Crippen LogP contribution is -2.44. The first-order valence-corrected chi connectivity index (χ1v) is 7.55. The highest BCUT2D eigenvalue weighted by Crippen LogP contribution is 2.31. The van der Waals surface area contributed by atoms with E-state index in [2.05, 4.69) is 5.32 Å². The Hall–Kier alpha value is -2.33. The van der Waals surface area contributed by atoms with Crippen LogP contribution in [0.2, 0.25) is 0 Å². The number of carbonyl (C=O) groups is 1. The summed E-state index contributed by atoms with van der Waals surface area (Å²) in [7, 11) is 0. The summed E-state index contributed by atoms with van der Waals surface area (Å²) >= 11 is 0. The minimum atomic E-state index is -0.544. The highest BCUT2D eigenvalue weighted by molar-refractivity contribution is 5.82. The highest BCUT2D eigenvalue weighted by atomic mass is 16.5. The van der Waals surface area contributed by atoms with Gasteiger partial charge in [-0.15, -0.1) is 0 Å². The molecule has 1 aliphatic heterocycles. The number of fused-ring (bicyclic) bond motifs is 1. The summed E-state index contributed by atoms with van der Waals surface area (Å²) in [6.45, 7) is 0.607. The first-order chi connectivity index (χ1) is 10.7. The number of para-hydroxylation sites is 1. The Morgan fingerprint density at radius 2 is 1.91 bits per heavy atom. The molecule has 3 N–H and O–H groups in total. The Labute approximate surface area is 130 Å². The number of hydrogen-bond donors (Lipinski definition) is 2. The SMILES string of the molecule is NC(Cc1ccccc1)C(=O)NC1CCOc2ccccc21. The molecule has 0 aromatic heterocycles. The molecule has 0 aliphatic carbocycles. The first-order valence-electron chi connectivity index (χ1n) is 7.55. The maximum atomic E-state index is 12.3. The second-order valence-electron chi connectivity index (χ2n) is 5.53. The van der Waals surface area contributed by atoms with Gasteiger partial charge in [0.2, 0.25) is 5.91 Å². The quantitative estimate of drug-likeness (QED) is 0.909. The summed E-state index contributed by atoms with van der Waals surface area (Å²) in [5.74, 6) is 0.723. The molecule has 22 heavy (non-hydrogen) atoms. The summed E-state index contributed by atoms with van der Waals surface area (Å²) in [5, 5.41) is 3.05. The predicted molar refractivity (Wildman–Crippen MR) is 85.6 cm³/mol. The third kappa shape index (κ3) is 3.28. The zero-order chi connectivity index (χ0) is 15.4. The molecular weight excluding hydrogens is 276 g/mol. The lowest BCUT2D eigenvalue weighted by atomic mass is 9.99. The largest absolute Gasteiger partial charge is 0.493 e. The normalized spacial score (nSPS) is 18.0. The van der Waals surface area contributed by atoms with Crippen LogP contribution in [0, 0.1) is 0 Å². The van der Waals surface area contributed by atoms with Crippen molar-refractivity contribution in [3.8, 4) is 5.75 Å². The Morgan fingerprint density at radius 3 is 2.73 bits per heavy atom. The number of nitrogens with two attached hydrogens (primary N) is 1. The number of benzene rings is 2. The summed E-state index contributed by atoms with van der Waals surface area (Å²) < 4.78 is 5.61. The molecule has 114 valence electrons. The van der Waals surface area contributed by atoms with Crippen molar-refractivity contribution in [2.75, 3.05) is 6.61 Å². The smallest absolute Gasteiger partial charge is 0.237 e. The van der Waals surface area contributed by atoms with Crippen molar-refractivity contribution in [1.29, 1.82) is 0 Å². The molecule has 3 rings (SSSR count). The average Bonchev–Trinajstić information content (AvgIpc) is 2.56. The summed E-state index contributed by atoms with van der Waals surface area (Å²) in [6.07, 6.45) is 1.30. The van der Waals surface area contributed by atoms with E-state index in [0.717, 1.165) is 23.3 Å². The van der Waals surface area contributed by atoms with Crippen molar-refractivity contribution in [2.45, 2.75) is 24.9 Å². The van der Waals surface area contributed by atoms with Crippen LogP contribution >= 0.6 is 0 Å². The summed E-state index contributed by atoms with van der Waals surface area (Å²) in [4.78, 5) is 12.3. The summed E-state index contributed by atoms with van der Waals surface area (Å²) in [5.41, 5.74) is 8.13. The molecule has 0 saturated heterocycles. The van der Waals surface area contributed by atoms with Crippen LogP contribution in [0.25, 0.3) is 0 Å². The van der Waals surface area contributed by atoms with E-state index < -0.39 is 6.04 Å². The third-order valence-corrected chi connectivity index (χ3v) is 3.91. The van der Waals surface area contributed by atoms with Gasteiger partial charge in [-0.1, -0.05) is 48.5 Å². The van der Waals surface area contributed by atoms with Crippen molar-refractivity contribution in [3.63, 3.8) is 0 Å². The predicted octanol–water partition coefficient (Wildman–Crippen LogP) is 2.20. The molecule has 0 radical (unpaired) electrons. The molecule has 2 atom stereocenters. The molecule has 2 unspecified atom stereocenters. The fourth-order valence-electron chi connectivity index (χ4n) is 2.73. The number of ether oxygens (including phenoxy) is 1. The van der Waals surface area contributed by atoms with Gasteiger partial charge in [-0.3, -0.25) is 4.79 Å². The second-order valence-corrected chi connectivity index (χ2v) is 5.53. The van der Waals surface area contributed by atoms with Crippen molar-refractivity contribution < 1.29 is 9.53 Å². The molecule has 2 aromatic carbocycles. The van der Waals surface area contributed by atoms with E-state index in [9.17, 15) is 4.79 Å². The Morgan fingerprint density at radius 1 is 1.18 bits per heavy atom. The number of carbonyl (C=O) groups excluding carboxylic acids is 1. The maximum Gasteiger partial charge on any atom is 0.237 e. The summed E-state index contributed by atoms with van der Waals surface area (Å²) in [6, 6.07) is 17.1. The van der Waals surface area contributed by atoms with E-state index in [1.54, 1.807) is 0 Å². The Kier molecular flexibility index (Phi) is 4.39. The molecule has 2 aromatic rings. The van der Waals surface area contributed by atoms with Crippen LogP contribution in [0.1, 0.15) is 23.6 Å². The molecule has 0 bridgehead atoms. The van der Waals surface area contributed by atoms with Gasteiger partial charge < -0.3 is 15.8 Å². The minimum Gasteiger partial charge on any atom is -0.493 e. The van der Waals surface area contributed by atoms with Gasteiger partial charge in [-0.05, 0) is 18.1 Å². The standard InChI is InChI=1S/C18H20N2O2/c19-15(12-13-6-2-1-3-7-13)18(21)20-16-10-11-22-17-9-5-4-8-14(16)17/h1-9,15-16H,10-12,19H2,(H,20,21). The molecule has 0 spiro atoms. The van der Waals surface area contributed by atoms with Crippen LogP contribution < -0.4 is 15.8 Å². The Balaban J connectivity index is 1.65. The van der Waals surface area contributed by atoms with Crippen molar-refractivity contribution >= 4 is 5.91 Å². The maximum absolute atomic E-state index is 12.3. The lowest BCUT2D eigenvalue weighted by molar-refractivity contribution is -0.123. The van der Waals surface area contributed by atoms with Gasteiger partial charge >= 0.3 is 0 Å². The zero-order valence-corrected chi connectivity index (χ0v) is 12.4. The zero-order valence-electron chi connectivity index (χ0n) is 12.4. The lowest BCUT2D eigenvalue weighted by Gasteiger charge is -2.27. The van der Waals surface area contributed by atoms with Crippen molar-refractivity contribution in [2.24, 2.45) is 5.73 Å². The molecule has 0 fully saturated rings. The first kappa shape index (κ1) is 14.6. The molecule has 1 aliphatic rings. The number of hydrogen-bond acceptors (Lipinski definition) is 3. The van der Waals surface area contributed by atoms with E-state index in [4.69, 9.17) is 10.5 Å². The van der Waals surface area contributed by atoms with Crippen LogP contribution in [0.15, 0.2) is 54.6 Å². The fraction of sp³-hybridized carbons (Fsp3) is 0.278. The molecule has 0 saturated carbocycles. The van der Waals surface area contributed by atoms with Crippen LogP contribution in [-0.2, 0) is 11.2 Å². The molecule has 4 heteroatoms. The minimum absolute atomic E-state index is 0.0285. The van der Waals surface area contributed by atoms with E-state index in [1.165, 1.54) is 0 Å². The average molecular weight is 296 g/mol. The molecule has 1 amide bonds.